The minimum atomic E-state index is 0.552. The molecule has 1 unspecified atom stereocenters. The molecule has 22 heavy (non-hydrogen) atoms. The van der Waals surface area contributed by atoms with Crippen LogP contribution >= 0.6 is 0 Å². The zero-order valence-corrected chi connectivity index (χ0v) is 13.8. The number of likely N-dealkylation sites (tertiary alicyclic amines) is 1. The maximum Gasteiger partial charge on any atom is 0.193 e. The molecule has 1 saturated heterocycles. The average molecular weight is 305 g/mol. The Kier molecular flexibility index (Phi) is 6.52. The summed E-state index contributed by atoms with van der Waals surface area (Å²) in [4.78, 5) is 6.70. The highest BCUT2D eigenvalue weighted by molar-refractivity contribution is 5.80. The zero-order valence-electron chi connectivity index (χ0n) is 13.8. The number of ether oxygens (including phenoxy) is 2. The second kappa shape index (κ2) is 8.63. The summed E-state index contributed by atoms with van der Waals surface area (Å²) >= 11 is 0. The molecule has 1 atom stereocenters. The van der Waals surface area contributed by atoms with E-state index in [9.17, 15) is 0 Å². The Morgan fingerprint density at radius 3 is 2.77 bits per heavy atom. The van der Waals surface area contributed by atoms with E-state index in [1.54, 1.807) is 7.11 Å². The van der Waals surface area contributed by atoms with Crippen molar-refractivity contribution in [1.82, 2.24) is 10.2 Å². The minimum absolute atomic E-state index is 0.552. The Labute approximate surface area is 133 Å². The van der Waals surface area contributed by atoms with Crippen molar-refractivity contribution in [2.75, 3.05) is 47.0 Å². The van der Waals surface area contributed by atoms with Crippen molar-refractivity contribution in [2.24, 2.45) is 4.99 Å². The van der Waals surface area contributed by atoms with Crippen molar-refractivity contribution in [3.63, 3.8) is 0 Å². The molecule has 5 heteroatoms. The predicted octanol–water partition coefficient (Wildman–Crippen LogP) is 2.10. The van der Waals surface area contributed by atoms with Crippen LogP contribution in [0.5, 0.6) is 5.75 Å². The molecule has 2 rings (SSSR count). The molecule has 0 bridgehead atoms. The van der Waals surface area contributed by atoms with Gasteiger partial charge in [0.15, 0.2) is 5.96 Å². The molecular weight excluding hydrogens is 278 g/mol. The summed E-state index contributed by atoms with van der Waals surface area (Å²) in [7, 11) is 3.54. The average Bonchev–Trinajstić information content (AvgIpc) is 3.05. The Morgan fingerprint density at radius 1 is 1.36 bits per heavy atom. The van der Waals surface area contributed by atoms with E-state index >= 15 is 0 Å². The van der Waals surface area contributed by atoms with E-state index in [0.29, 0.717) is 12.5 Å². The van der Waals surface area contributed by atoms with Gasteiger partial charge in [-0.05, 0) is 31.0 Å². The van der Waals surface area contributed by atoms with Crippen LogP contribution in [0.25, 0.3) is 0 Å². The third-order valence-corrected chi connectivity index (χ3v) is 4.02. The first-order valence-electron chi connectivity index (χ1n) is 7.95. The summed E-state index contributed by atoms with van der Waals surface area (Å²) in [5.41, 5.74) is 1.37. The van der Waals surface area contributed by atoms with Crippen molar-refractivity contribution in [3.8, 4) is 5.75 Å². The van der Waals surface area contributed by atoms with Crippen molar-refractivity contribution in [2.45, 2.75) is 19.3 Å². The van der Waals surface area contributed by atoms with Gasteiger partial charge in [-0.1, -0.05) is 12.1 Å². The van der Waals surface area contributed by atoms with E-state index in [1.807, 2.05) is 26.1 Å². The van der Waals surface area contributed by atoms with E-state index in [2.05, 4.69) is 27.3 Å². The number of hydrogen-bond acceptors (Lipinski definition) is 3. The molecule has 1 aliphatic rings. The smallest absolute Gasteiger partial charge is 0.193 e. The third-order valence-electron chi connectivity index (χ3n) is 4.02. The van der Waals surface area contributed by atoms with E-state index in [-0.39, 0.29) is 0 Å². The zero-order chi connectivity index (χ0) is 15.8. The molecule has 0 aliphatic carbocycles. The van der Waals surface area contributed by atoms with E-state index in [0.717, 1.165) is 44.4 Å². The molecule has 1 N–H and O–H groups in total. The third kappa shape index (κ3) is 4.37. The largest absolute Gasteiger partial charge is 0.497 e. The quantitative estimate of drug-likeness (QED) is 0.497. The summed E-state index contributed by atoms with van der Waals surface area (Å²) in [6.07, 6.45) is 1.15. The normalized spacial score (nSPS) is 18.6. The standard InChI is InChI=1S/C17H27N3O2/c1-4-22-12-10-19-17(18-2)20-11-9-15(13-20)14-5-7-16(21-3)8-6-14/h5-8,15H,4,9-13H2,1-3H3,(H,18,19). The van der Waals surface area contributed by atoms with Crippen LogP contribution in [0.4, 0.5) is 0 Å². The molecule has 0 radical (unpaired) electrons. The summed E-state index contributed by atoms with van der Waals surface area (Å²) in [6, 6.07) is 8.40. The van der Waals surface area contributed by atoms with E-state index in [4.69, 9.17) is 9.47 Å². The number of benzene rings is 1. The Balaban J connectivity index is 1.87. The first-order valence-corrected chi connectivity index (χ1v) is 7.95. The molecule has 0 saturated carbocycles. The Morgan fingerprint density at radius 2 is 2.14 bits per heavy atom. The van der Waals surface area contributed by atoms with Gasteiger partial charge in [-0.15, -0.1) is 0 Å². The lowest BCUT2D eigenvalue weighted by molar-refractivity contribution is 0.152. The molecule has 1 aromatic rings. The van der Waals surface area contributed by atoms with Crippen LogP contribution in [0.2, 0.25) is 0 Å². The number of nitrogens with zero attached hydrogens (tertiary/aromatic N) is 2. The summed E-state index contributed by atoms with van der Waals surface area (Å²) in [5, 5.41) is 3.37. The van der Waals surface area contributed by atoms with Crippen LogP contribution in [-0.4, -0.2) is 57.9 Å². The van der Waals surface area contributed by atoms with Crippen molar-refractivity contribution < 1.29 is 9.47 Å². The number of rotatable bonds is 6. The molecule has 5 nitrogen and oxygen atoms in total. The molecule has 0 aromatic heterocycles. The highest BCUT2D eigenvalue weighted by Gasteiger charge is 2.25. The van der Waals surface area contributed by atoms with Crippen molar-refractivity contribution in [1.29, 1.82) is 0 Å². The van der Waals surface area contributed by atoms with Gasteiger partial charge < -0.3 is 19.7 Å². The first kappa shape index (κ1) is 16.6. The molecule has 1 aromatic carbocycles. The summed E-state index contributed by atoms with van der Waals surface area (Å²) in [6.45, 7) is 6.30. The van der Waals surface area contributed by atoms with Crippen LogP contribution in [-0.2, 0) is 4.74 Å². The van der Waals surface area contributed by atoms with Gasteiger partial charge in [-0.3, -0.25) is 4.99 Å². The number of aliphatic imine (C=N–C) groups is 1. The second-order valence-electron chi connectivity index (χ2n) is 5.38. The summed E-state index contributed by atoms with van der Waals surface area (Å²) in [5.74, 6) is 2.43. The lowest BCUT2D eigenvalue weighted by Crippen LogP contribution is -2.41. The number of guanidine groups is 1. The highest BCUT2D eigenvalue weighted by Crippen LogP contribution is 2.28. The molecule has 1 aliphatic heterocycles. The molecule has 1 heterocycles. The predicted molar refractivity (Wildman–Crippen MR) is 89.8 cm³/mol. The number of hydrogen-bond donors (Lipinski definition) is 1. The van der Waals surface area contributed by atoms with Gasteiger partial charge in [0.1, 0.15) is 5.75 Å². The Bertz CT molecular complexity index is 473. The van der Waals surface area contributed by atoms with Crippen LogP contribution in [0.1, 0.15) is 24.8 Å². The molecule has 122 valence electrons. The van der Waals surface area contributed by atoms with Gasteiger partial charge in [0.25, 0.3) is 0 Å². The van der Waals surface area contributed by atoms with Crippen LogP contribution in [0.15, 0.2) is 29.3 Å². The molecule has 1 fully saturated rings. The number of nitrogens with one attached hydrogen (secondary N) is 1. The van der Waals surface area contributed by atoms with Crippen molar-refractivity contribution >= 4 is 5.96 Å². The van der Waals surface area contributed by atoms with Gasteiger partial charge in [0, 0.05) is 39.2 Å². The maximum absolute atomic E-state index is 5.36. The monoisotopic (exact) mass is 305 g/mol. The molecule has 0 amide bonds. The fourth-order valence-electron chi connectivity index (χ4n) is 2.81. The lowest BCUT2D eigenvalue weighted by atomic mass is 9.98. The van der Waals surface area contributed by atoms with Gasteiger partial charge in [0.05, 0.1) is 13.7 Å². The number of methoxy groups -OCH3 is 1. The fraction of sp³-hybridized carbons (Fsp3) is 0.588. The van der Waals surface area contributed by atoms with Gasteiger partial charge >= 0.3 is 0 Å². The van der Waals surface area contributed by atoms with E-state index < -0.39 is 0 Å². The van der Waals surface area contributed by atoms with Crippen molar-refractivity contribution in [3.05, 3.63) is 29.8 Å². The fourth-order valence-corrected chi connectivity index (χ4v) is 2.81. The lowest BCUT2D eigenvalue weighted by Gasteiger charge is -2.21. The SMILES string of the molecule is CCOCCNC(=NC)N1CCC(c2ccc(OC)cc2)C1. The van der Waals surface area contributed by atoms with Crippen LogP contribution in [0, 0.1) is 0 Å². The minimum Gasteiger partial charge on any atom is -0.497 e. The summed E-state index contributed by atoms with van der Waals surface area (Å²) < 4.78 is 10.6. The van der Waals surface area contributed by atoms with Gasteiger partial charge in [-0.25, -0.2) is 0 Å². The topological polar surface area (TPSA) is 46.1 Å². The Hall–Kier alpha value is -1.75. The van der Waals surface area contributed by atoms with Gasteiger partial charge in [-0.2, -0.15) is 0 Å². The second-order valence-corrected chi connectivity index (χ2v) is 5.38. The molecule has 0 spiro atoms. The van der Waals surface area contributed by atoms with E-state index in [1.165, 1.54) is 5.56 Å². The van der Waals surface area contributed by atoms with Crippen LogP contribution < -0.4 is 10.1 Å². The first-order chi connectivity index (χ1) is 10.8. The maximum atomic E-state index is 5.36. The highest BCUT2D eigenvalue weighted by atomic mass is 16.5. The van der Waals surface area contributed by atoms with Gasteiger partial charge in [0.2, 0.25) is 0 Å². The van der Waals surface area contributed by atoms with Crippen LogP contribution in [0.3, 0.4) is 0 Å². The molecular formula is C17H27N3O2.